The number of carbonyl (C=O) groups is 2. The molecule has 0 spiro atoms. The SMILES string of the molecule is CCCNC(=O)[C@@H](C)N(Cc1ccc(Cl)cc1Cl)C(=O)CN(c1ccccc1F)S(=O)(=O)c1ccc(C)cc1. The first-order valence-corrected chi connectivity index (χ1v) is 14.5. The highest BCUT2D eigenvalue weighted by Gasteiger charge is 2.33. The number of aryl methyl sites for hydroxylation is 1. The fourth-order valence-corrected chi connectivity index (χ4v) is 5.71. The second-order valence-electron chi connectivity index (χ2n) is 9.00. The second kappa shape index (κ2) is 13.3. The van der Waals surface area contributed by atoms with Gasteiger partial charge in [0.15, 0.2) is 0 Å². The number of hydrogen-bond donors (Lipinski definition) is 1. The molecular formula is C28H30Cl2FN3O4S. The lowest BCUT2D eigenvalue weighted by Crippen LogP contribution is -2.51. The Morgan fingerprint density at radius 2 is 1.69 bits per heavy atom. The molecule has 7 nitrogen and oxygen atoms in total. The smallest absolute Gasteiger partial charge is 0.264 e. The summed E-state index contributed by atoms with van der Waals surface area (Å²) in [5.41, 5.74) is 1.04. The van der Waals surface area contributed by atoms with Crippen molar-refractivity contribution in [2.24, 2.45) is 0 Å². The molecule has 0 aliphatic heterocycles. The van der Waals surface area contributed by atoms with Gasteiger partial charge in [0.1, 0.15) is 18.4 Å². The van der Waals surface area contributed by atoms with Crippen LogP contribution in [0.25, 0.3) is 0 Å². The predicted molar refractivity (Wildman–Crippen MR) is 152 cm³/mol. The van der Waals surface area contributed by atoms with Crippen molar-refractivity contribution in [3.63, 3.8) is 0 Å². The van der Waals surface area contributed by atoms with Crippen LogP contribution in [0.15, 0.2) is 71.6 Å². The number of nitrogens with one attached hydrogen (secondary N) is 1. The number of hydrogen-bond acceptors (Lipinski definition) is 4. The van der Waals surface area contributed by atoms with Crippen molar-refractivity contribution >= 4 is 50.7 Å². The summed E-state index contributed by atoms with van der Waals surface area (Å²) >= 11 is 12.4. The predicted octanol–water partition coefficient (Wildman–Crippen LogP) is 5.58. The normalized spacial score (nSPS) is 12.1. The first-order chi connectivity index (χ1) is 18.4. The molecular weight excluding hydrogens is 564 g/mol. The summed E-state index contributed by atoms with van der Waals surface area (Å²) in [7, 11) is -4.37. The third-order valence-electron chi connectivity index (χ3n) is 6.08. The van der Waals surface area contributed by atoms with Crippen molar-refractivity contribution < 1.29 is 22.4 Å². The van der Waals surface area contributed by atoms with Crippen LogP contribution < -0.4 is 9.62 Å². The summed E-state index contributed by atoms with van der Waals surface area (Å²) < 4.78 is 43.1. The zero-order valence-corrected chi connectivity index (χ0v) is 24.2. The van der Waals surface area contributed by atoms with Crippen LogP contribution in [-0.2, 0) is 26.2 Å². The van der Waals surface area contributed by atoms with E-state index in [1.165, 1.54) is 48.2 Å². The number of halogens is 3. The topological polar surface area (TPSA) is 86.8 Å². The number of sulfonamides is 1. The second-order valence-corrected chi connectivity index (χ2v) is 11.7. The Bertz CT molecular complexity index is 1430. The lowest BCUT2D eigenvalue weighted by Gasteiger charge is -2.32. The maximum absolute atomic E-state index is 14.9. The molecule has 0 unspecified atom stereocenters. The molecule has 39 heavy (non-hydrogen) atoms. The molecule has 11 heteroatoms. The Balaban J connectivity index is 2.05. The maximum Gasteiger partial charge on any atom is 0.264 e. The summed E-state index contributed by atoms with van der Waals surface area (Å²) in [6.07, 6.45) is 0.686. The molecule has 0 saturated carbocycles. The summed E-state index contributed by atoms with van der Waals surface area (Å²) in [5.74, 6) is -1.96. The van der Waals surface area contributed by atoms with Gasteiger partial charge in [0.05, 0.1) is 10.6 Å². The third-order valence-corrected chi connectivity index (χ3v) is 8.44. The molecule has 0 fully saturated rings. The first-order valence-electron chi connectivity index (χ1n) is 12.3. The maximum atomic E-state index is 14.9. The van der Waals surface area contributed by atoms with Gasteiger partial charge >= 0.3 is 0 Å². The van der Waals surface area contributed by atoms with E-state index >= 15 is 0 Å². The van der Waals surface area contributed by atoms with Gasteiger partial charge in [-0.3, -0.25) is 13.9 Å². The Hall–Kier alpha value is -3.14. The van der Waals surface area contributed by atoms with Gasteiger partial charge in [-0.2, -0.15) is 0 Å². The van der Waals surface area contributed by atoms with Crippen molar-refractivity contribution in [1.29, 1.82) is 0 Å². The van der Waals surface area contributed by atoms with Gasteiger partial charge in [0.2, 0.25) is 11.8 Å². The molecule has 3 aromatic rings. The lowest BCUT2D eigenvalue weighted by molar-refractivity contribution is -0.139. The summed E-state index contributed by atoms with van der Waals surface area (Å²) in [6, 6.07) is 15.1. The standard InChI is InChI=1S/C28H30Cl2FN3O4S/c1-4-15-32-28(36)20(3)33(17-21-11-12-22(29)16-24(21)30)27(35)18-34(26-8-6-5-7-25(26)31)39(37,38)23-13-9-19(2)10-14-23/h5-14,16,20H,4,15,17-18H2,1-3H3,(H,32,36)/t20-/m1/s1. The van der Waals surface area contributed by atoms with E-state index in [1.54, 1.807) is 31.2 Å². The van der Waals surface area contributed by atoms with Gasteiger partial charge in [-0.15, -0.1) is 0 Å². The molecule has 0 aliphatic carbocycles. The molecule has 208 valence electrons. The Kier molecular flexibility index (Phi) is 10.4. The largest absolute Gasteiger partial charge is 0.354 e. The lowest BCUT2D eigenvalue weighted by atomic mass is 10.1. The Morgan fingerprint density at radius 3 is 2.31 bits per heavy atom. The molecule has 2 amide bonds. The summed E-state index contributed by atoms with van der Waals surface area (Å²) in [6.45, 7) is 4.77. The highest BCUT2D eigenvalue weighted by molar-refractivity contribution is 7.92. The molecule has 3 rings (SSSR count). The highest BCUT2D eigenvalue weighted by atomic mass is 35.5. The zero-order chi connectivity index (χ0) is 28.7. The molecule has 0 aliphatic rings. The monoisotopic (exact) mass is 593 g/mol. The number of amides is 2. The van der Waals surface area contributed by atoms with Crippen molar-refractivity contribution in [1.82, 2.24) is 10.2 Å². The number of carbonyl (C=O) groups excluding carboxylic acids is 2. The van der Waals surface area contributed by atoms with Crippen molar-refractivity contribution in [2.75, 3.05) is 17.4 Å². The van der Waals surface area contributed by atoms with Crippen LogP contribution in [0.3, 0.4) is 0 Å². The Morgan fingerprint density at radius 1 is 1.03 bits per heavy atom. The quantitative estimate of drug-likeness (QED) is 0.314. The van der Waals surface area contributed by atoms with Crippen molar-refractivity contribution in [3.8, 4) is 0 Å². The van der Waals surface area contributed by atoms with E-state index < -0.39 is 40.2 Å². The molecule has 1 N–H and O–H groups in total. The van der Waals surface area contributed by atoms with Crippen molar-refractivity contribution in [3.05, 3.63) is 93.7 Å². The van der Waals surface area contributed by atoms with Crippen LogP contribution in [0.1, 0.15) is 31.4 Å². The average molecular weight is 595 g/mol. The molecule has 1 atom stereocenters. The molecule has 3 aromatic carbocycles. The molecule has 0 radical (unpaired) electrons. The van der Waals surface area contributed by atoms with Gasteiger partial charge < -0.3 is 10.2 Å². The fourth-order valence-electron chi connectivity index (χ4n) is 3.82. The number of rotatable bonds is 11. The molecule has 0 heterocycles. The van der Waals surface area contributed by atoms with Gasteiger partial charge in [0.25, 0.3) is 10.0 Å². The van der Waals surface area contributed by atoms with Crippen LogP contribution >= 0.6 is 23.2 Å². The van der Waals surface area contributed by atoms with E-state index in [1.807, 2.05) is 6.92 Å². The van der Waals surface area contributed by atoms with Gasteiger partial charge in [-0.05, 0) is 62.2 Å². The summed E-state index contributed by atoms with van der Waals surface area (Å²) in [4.78, 5) is 27.8. The first kappa shape index (κ1) is 30.4. The van der Waals surface area contributed by atoms with E-state index in [9.17, 15) is 22.4 Å². The number of nitrogens with zero attached hydrogens (tertiary/aromatic N) is 2. The van der Waals surface area contributed by atoms with E-state index in [-0.39, 0.29) is 22.2 Å². The van der Waals surface area contributed by atoms with Crippen LogP contribution in [0, 0.1) is 12.7 Å². The van der Waals surface area contributed by atoms with Crippen LogP contribution in [0.5, 0.6) is 0 Å². The minimum absolute atomic E-state index is 0.106. The minimum Gasteiger partial charge on any atom is -0.354 e. The molecule has 0 saturated heterocycles. The Labute approximate surface area is 238 Å². The van der Waals surface area contributed by atoms with Crippen LogP contribution in [0.2, 0.25) is 10.0 Å². The van der Waals surface area contributed by atoms with E-state index in [0.717, 1.165) is 15.9 Å². The number of para-hydroxylation sites is 1. The summed E-state index contributed by atoms with van der Waals surface area (Å²) in [5, 5.41) is 3.42. The highest BCUT2D eigenvalue weighted by Crippen LogP contribution is 2.28. The zero-order valence-electron chi connectivity index (χ0n) is 21.8. The van der Waals surface area contributed by atoms with Gasteiger partial charge in [-0.25, -0.2) is 12.8 Å². The van der Waals surface area contributed by atoms with E-state index in [4.69, 9.17) is 23.2 Å². The van der Waals surface area contributed by atoms with E-state index in [0.29, 0.717) is 23.6 Å². The average Bonchev–Trinajstić information content (AvgIpc) is 2.90. The van der Waals surface area contributed by atoms with Crippen LogP contribution in [0.4, 0.5) is 10.1 Å². The number of benzene rings is 3. The van der Waals surface area contributed by atoms with Gasteiger partial charge in [0, 0.05) is 23.1 Å². The molecule has 0 aromatic heterocycles. The minimum atomic E-state index is -4.37. The fraction of sp³-hybridized carbons (Fsp3) is 0.286. The van der Waals surface area contributed by atoms with E-state index in [2.05, 4.69) is 5.32 Å². The number of anilines is 1. The molecule has 0 bridgehead atoms. The van der Waals surface area contributed by atoms with Crippen LogP contribution in [-0.4, -0.2) is 44.3 Å². The van der Waals surface area contributed by atoms with Gasteiger partial charge in [-0.1, -0.05) is 66.0 Å². The van der Waals surface area contributed by atoms with Crippen molar-refractivity contribution in [2.45, 2.75) is 44.7 Å². The third kappa shape index (κ3) is 7.50.